The molecule has 0 bridgehead atoms. The van der Waals surface area contributed by atoms with Crippen molar-refractivity contribution in [2.75, 3.05) is 18.6 Å². The Morgan fingerprint density at radius 2 is 1.96 bits per heavy atom. The highest BCUT2D eigenvalue weighted by Crippen LogP contribution is 2.38. The summed E-state index contributed by atoms with van der Waals surface area (Å²) in [6.07, 6.45) is 3.97. The van der Waals surface area contributed by atoms with Gasteiger partial charge in [-0.25, -0.2) is 9.37 Å². The monoisotopic (exact) mass is 322 g/mol. The van der Waals surface area contributed by atoms with Crippen molar-refractivity contribution >= 4 is 16.6 Å². The molecule has 2 aromatic carbocycles. The third-order valence-electron chi connectivity index (χ3n) is 4.73. The van der Waals surface area contributed by atoms with E-state index in [1.54, 1.807) is 19.4 Å². The Morgan fingerprint density at radius 1 is 1.12 bits per heavy atom. The van der Waals surface area contributed by atoms with Crippen molar-refractivity contribution in [1.29, 1.82) is 0 Å². The van der Waals surface area contributed by atoms with Crippen LogP contribution in [-0.2, 0) is 0 Å². The first-order valence-electron chi connectivity index (χ1n) is 8.21. The van der Waals surface area contributed by atoms with Gasteiger partial charge in [-0.3, -0.25) is 0 Å². The number of hydrogen-bond acceptors (Lipinski definition) is 3. The van der Waals surface area contributed by atoms with Crippen LogP contribution in [0.2, 0.25) is 0 Å². The summed E-state index contributed by atoms with van der Waals surface area (Å²) in [5, 5.41) is 1.89. The predicted molar refractivity (Wildman–Crippen MR) is 94.0 cm³/mol. The highest BCUT2D eigenvalue weighted by Gasteiger charge is 2.28. The average Bonchev–Trinajstić information content (AvgIpc) is 3.10. The van der Waals surface area contributed by atoms with Crippen LogP contribution in [0.5, 0.6) is 5.75 Å². The van der Waals surface area contributed by atoms with Gasteiger partial charge in [0.2, 0.25) is 0 Å². The molecule has 1 fully saturated rings. The summed E-state index contributed by atoms with van der Waals surface area (Å²) >= 11 is 0. The van der Waals surface area contributed by atoms with Gasteiger partial charge in [0.1, 0.15) is 17.4 Å². The number of benzene rings is 2. The van der Waals surface area contributed by atoms with Gasteiger partial charge in [-0.05, 0) is 54.1 Å². The van der Waals surface area contributed by atoms with Crippen LogP contribution in [0, 0.1) is 5.82 Å². The van der Waals surface area contributed by atoms with E-state index < -0.39 is 0 Å². The van der Waals surface area contributed by atoms with Crippen LogP contribution in [0.3, 0.4) is 0 Å². The van der Waals surface area contributed by atoms with E-state index >= 15 is 0 Å². The number of halogens is 1. The molecule has 4 rings (SSSR count). The Kier molecular flexibility index (Phi) is 3.81. The maximum absolute atomic E-state index is 13.7. The topological polar surface area (TPSA) is 25.4 Å². The molecule has 1 aliphatic heterocycles. The number of fused-ring (bicyclic) bond motifs is 1. The van der Waals surface area contributed by atoms with E-state index in [9.17, 15) is 4.39 Å². The fraction of sp³-hybridized carbons (Fsp3) is 0.250. The minimum Gasteiger partial charge on any atom is -0.497 e. The predicted octanol–water partition coefficient (Wildman–Crippen LogP) is 4.72. The second kappa shape index (κ2) is 6.11. The van der Waals surface area contributed by atoms with Crippen molar-refractivity contribution < 1.29 is 9.13 Å². The molecular formula is C20H19FN2O. The molecule has 1 aliphatic rings. The average molecular weight is 322 g/mol. The molecule has 0 amide bonds. The van der Waals surface area contributed by atoms with Crippen molar-refractivity contribution in [2.45, 2.75) is 18.9 Å². The summed E-state index contributed by atoms with van der Waals surface area (Å²) in [4.78, 5) is 6.87. The van der Waals surface area contributed by atoms with E-state index in [2.05, 4.69) is 22.0 Å². The van der Waals surface area contributed by atoms with E-state index in [1.807, 2.05) is 24.3 Å². The first kappa shape index (κ1) is 14.9. The molecule has 1 saturated heterocycles. The van der Waals surface area contributed by atoms with Crippen molar-refractivity contribution in [3.63, 3.8) is 0 Å². The lowest BCUT2D eigenvalue weighted by molar-refractivity contribution is 0.414. The lowest BCUT2D eigenvalue weighted by Gasteiger charge is -2.27. The quantitative estimate of drug-likeness (QED) is 0.697. The normalized spacial score (nSPS) is 17.4. The Bertz CT molecular complexity index is 863. The van der Waals surface area contributed by atoms with Crippen LogP contribution in [0.1, 0.15) is 24.4 Å². The Hall–Kier alpha value is -2.62. The van der Waals surface area contributed by atoms with Gasteiger partial charge in [-0.15, -0.1) is 0 Å². The molecule has 122 valence electrons. The van der Waals surface area contributed by atoms with Crippen molar-refractivity contribution in [3.05, 3.63) is 66.1 Å². The molecule has 0 saturated carbocycles. The lowest BCUT2D eigenvalue weighted by atomic mass is 10.0. The van der Waals surface area contributed by atoms with Gasteiger partial charge in [0, 0.05) is 18.1 Å². The van der Waals surface area contributed by atoms with Crippen LogP contribution in [-0.4, -0.2) is 18.6 Å². The van der Waals surface area contributed by atoms with Crippen LogP contribution < -0.4 is 9.64 Å². The van der Waals surface area contributed by atoms with E-state index in [1.165, 1.54) is 11.6 Å². The van der Waals surface area contributed by atoms with Gasteiger partial charge in [0.15, 0.2) is 0 Å². The standard InChI is InChI=1S/C20H19FN2O/c1-24-17-8-5-15(6-9-17)19-3-2-12-23(19)20-18-13-16(21)7-4-14(18)10-11-22-20/h4-11,13,19H,2-3,12H2,1H3. The SMILES string of the molecule is COc1ccc(C2CCCN2c2nccc3ccc(F)cc23)cc1. The van der Waals surface area contributed by atoms with Gasteiger partial charge in [0.25, 0.3) is 0 Å². The molecule has 0 radical (unpaired) electrons. The molecule has 3 aromatic rings. The number of anilines is 1. The maximum atomic E-state index is 13.7. The Balaban J connectivity index is 1.76. The maximum Gasteiger partial charge on any atom is 0.137 e. The van der Waals surface area contributed by atoms with E-state index in [4.69, 9.17) is 4.74 Å². The summed E-state index contributed by atoms with van der Waals surface area (Å²) in [7, 11) is 1.67. The van der Waals surface area contributed by atoms with Crippen LogP contribution in [0.4, 0.5) is 10.2 Å². The third kappa shape index (κ3) is 2.58. The van der Waals surface area contributed by atoms with E-state index in [0.717, 1.165) is 41.7 Å². The molecular weight excluding hydrogens is 303 g/mol. The molecule has 3 nitrogen and oxygen atoms in total. The number of aromatic nitrogens is 1. The zero-order valence-electron chi connectivity index (χ0n) is 13.6. The van der Waals surface area contributed by atoms with Gasteiger partial charge >= 0.3 is 0 Å². The molecule has 4 heteroatoms. The number of ether oxygens (including phenoxy) is 1. The van der Waals surface area contributed by atoms with E-state index in [-0.39, 0.29) is 11.9 Å². The van der Waals surface area contributed by atoms with E-state index in [0.29, 0.717) is 0 Å². The molecule has 0 spiro atoms. The Morgan fingerprint density at radius 3 is 2.75 bits per heavy atom. The first-order chi connectivity index (χ1) is 11.8. The highest BCUT2D eigenvalue weighted by molar-refractivity contribution is 5.92. The van der Waals surface area contributed by atoms with Crippen molar-refractivity contribution in [3.8, 4) is 5.75 Å². The lowest BCUT2D eigenvalue weighted by Crippen LogP contribution is -2.23. The second-order valence-electron chi connectivity index (χ2n) is 6.12. The van der Waals surface area contributed by atoms with Crippen LogP contribution in [0.15, 0.2) is 54.7 Å². The fourth-order valence-corrected chi connectivity index (χ4v) is 3.55. The molecule has 1 atom stereocenters. The minimum atomic E-state index is -0.225. The molecule has 0 N–H and O–H groups in total. The van der Waals surface area contributed by atoms with Gasteiger partial charge in [-0.2, -0.15) is 0 Å². The van der Waals surface area contributed by atoms with Crippen LogP contribution >= 0.6 is 0 Å². The molecule has 0 aliphatic carbocycles. The second-order valence-corrected chi connectivity index (χ2v) is 6.12. The van der Waals surface area contributed by atoms with Gasteiger partial charge in [-0.1, -0.05) is 18.2 Å². The largest absolute Gasteiger partial charge is 0.497 e. The Labute approximate surface area is 140 Å². The molecule has 24 heavy (non-hydrogen) atoms. The summed E-state index contributed by atoms with van der Waals surface area (Å²) < 4.78 is 19.0. The number of rotatable bonds is 3. The van der Waals surface area contributed by atoms with Crippen molar-refractivity contribution in [2.24, 2.45) is 0 Å². The smallest absolute Gasteiger partial charge is 0.137 e. The summed E-state index contributed by atoms with van der Waals surface area (Å²) in [5.41, 5.74) is 1.24. The number of pyridine rings is 1. The van der Waals surface area contributed by atoms with Gasteiger partial charge in [0.05, 0.1) is 13.2 Å². The fourth-order valence-electron chi connectivity index (χ4n) is 3.55. The van der Waals surface area contributed by atoms with Crippen molar-refractivity contribution in [1.82, 2.24) is 4.98 Å². The molecule has 1 unspecified atom stereocenters. The minimum absolute atomic E-state index is 0.225. The summed E-state index contributed by atoms with van der Waals surface area (Å²) in [6, 6.07) is 15.3. The number of hydrogen-bond donors (Lipinski definition) is 0. The number of methoxy groups -OCH3 is 1. The number of nitrogens with zero attached hydrogens (tertiary/aromatic N) is 2. The zero-order valence-corrected chi connectivity index (χ0v) is 13.6. The zero-order chi connectivity index (χ0) is 16.5. The van der Waals surface area contributed by atoms with Crippen LogP contribution in [0.25, 0.3) is 10.8 Å². The molecule has 1 aromatic heterocycles. The third-order valence-corrected chi connectivity index (χ3v) is 4.73. The summed E-state index contributed by atoms with van der Waals surface area (Å²) in [6.45, 7) is 0.930. The van der Waals surface area contributed by atoms with Gasteiger partial charge < -0.3 is 9.64 Å². The summed E-state index contributed by atoms with van der Waals surface area (Å²) in [5.74, 6) is 1.50. The molecule has 2 heterocycles. The first-order valence-corrected chi connectivity index (χ1v) is 8.21. The highest BCUT2D eigenvalue weighted by atomic mass is 19.1.